The normalized spacial score (nSPS) is 19.0. The molecule has 17 heteroatoms. The lowest BCUT2D eigenvalue weighted by molar-refractivity contribution is -0.121. The Labute approximate surface area is 204 Å². The van der Waals surface area contributed by atoms with Gasteiger partial charge in [0.05, 0.1) is 25.6 Å². The van der Waals surface area contributed by atoms with E-state index in [-0.39, 0.29) is 12.8 Å². The standard InChI is InChI=1S/C18H34N4O12S/c23-7-11(27)17(33)15(31)9(25)5-19-21-13(29)1-3-35-4-2-14(30)22-20-6-10(26)16(32)18(34)12(28)8-24/h5-6,9-12,15-18,23-28,31-34H,1-4,7-8H2,(H,21,29)(H,22,30). The second-order valence-corrected chi connectivity index (χ2v) is 8.41. The number of hydrogen-bond acceptors (Lipinski definition) is 15. The van der Waals surface area contributed by atoms with Gasteiger partial charge in [0.15, 0.2) is 0 Å². The highest BCUT2D eigenvalue weighted by molar-refractivity contribution is 7.99. The van der Waals surface area contributed by atoms with E-state index in [0.29, 0.717) is 11.5 Å². The lowest BCUT2D eigenvalue weighted by atomic mass is 10.0. The fourth-order valence-electron chi connectivity index (χ4n) is 2.17. The molecular formula is C18H34N4O12S. The Hall–Kier alpha value is -1.77. The number of carbonyl (C=O) groups excluding carboxylic acids is 2. The second-order valence-electron chi connectivity index (χ2n) is 7.18. The fraction of sp³-hybridized carbons (Fsp3) is 0.778. The van der Waals surface area contributed by atoms with Crippen molar-refractivity contribution in [3.05, 3.63) is 0 Å². The third kappa shape index (κ3) is 13.8. The fourth-order valence-corrected chi connectivity index (χ4v) is 3.03. The maximum absolute atomic E-state index is 11.7. The van der Waals surface area contributed by atoms with Crippen LogP contribution in [0.3, 0.4) is 0 Å². The number of aliphatic hydroxyl groups is 10. The predicted octanol–water partition coefficient (Wildman–Crippen LogP) is -6.42. The summed E-state index contributed by atoms with van der Waals surface area (Å²) in [7, 11) is 0. The third-order valence-corrected chi connectivity index (χ3v) is 5.33. The molecule has 0 aliphatic carbocycles. The van der Waals surface area contributed by atoms with Crippen molar-refractivity contribution in [1.29, 1.82) is 0 Å². The molecule has 0 saturated heterocycles. The minimum atomic E-state index is -1.84. The summed E-state index contributed by atoms with van der Waals surface area (Å²) in [5, 5.41) is 99.9. The summed E-state index contributed by atoms with van der Waals surface area (Å²) in [5.41, 5.74) is 4.16. The van der Waals surface area contributed by atoms with Crippen molar-refractivity contribution in [1.82, 2.24) is 10.9 Å². The maximum atomic E-state index is 11.7. The Morgan fingerprint density at radius 2 is 1.00 bits per heavy atom. The number of nitrogens with one attached hydrogen (secondary N) is 2. The highest BCUT2D eigenvalue weighted by Crippen LogP contribution is 2.06. The number of carbonyl (C=O) groups is 2. The Kier molecular flexibility index (Phi) is 17.6. The zero-order chi connectivity index (χ0) is 27.0. The molecule has 0 radical (unpaired) electrons. The number of amides is 2. The van der Waals surface area contributed by atoms with Gasteiger partial charge in [-0.1, -0.05) is 0 Å². The van der Waals surface area contributed by atoms with Gasteiger partial charge in [0.1, 0.15) is 48.8 Å². The van der Waals surface area contributed by atoms with E-state index in [9.17, 15) is 50.4 Å². The van der Waals surface area contributed by atoms with Gasteiger partial charge in [0, 0.05) is 24.3 Å². The van der Waals surface area contributed by atoms with E-state index in [2.05, 4.69) is 21.1 Å². The van der Waals surface area contributed by atoms with Gasteiger partial charge in [-0.2, -0.15) is 22.0 Å². The molecule has 2 amide bonds. The monoisotopic (exact) mass is 530 g/mol. The molecule has 8 unspecified atom stereocenters. The summed E-state index contributed by atoms with van der Waals surface area (Å²) >= 11 is 1.25. The van der Waals surface area contributed by atoms with Gasteiger partial charge < -0.3 is 51.1 Å². The van der Waals surface area contributed by atoms with Crippen LogP contribution < -0.4 is 10.9 Å². The van der Waals surface area contributed by atoms with E-state index in [1.54, 1.807) is 0 Å². The lowest BCUT2D eigenvalue weighted by Gasteiger charge is -2.23. The molecule has 0 aliphatic heterocycles. The van der Waals surface area contributed by atoms with E-state index < -0.39 is 73.9 Å². The number of thioether (sulfide) groups is 1. The Bertz CT molecular complexity index is 619. The number of hydrogen-bond donors (Lipinski definition) is 12. The van der Waals surface area contributed by atoms with Crippen LogP contribution in [0.15, 0.2) is 10.2 Å². The Morgan fingerprint density at radius 3 is 1.31 bits per heavy atom. The van der Waals surface area contributed by atoms with Crippen LogP contribution in [0.25, 0.3) is 0 Å². The topological polar surface area (TPSA) is 285 Å². The Balaban J connectivity index is 4.08. The van der Waals surface area contributed by atoms with Crippen molar-refractivity contribution < 1.29 is 60.7 Å². The SMILES string of the molecule is O=C(CCSCCC(=O)NN=CC(O)C(O)C(O)C(O)CO)NN=CC(O)C(O)C(O)C(O)CO. The van der Waals surface area contributed by atoms with Crippen molar-refractivity contribution in [2.75, 3.05) is 24.7 Å². The van der Waals surface area contributed by atoms with Crippen LogP contribution in [0.1, 0.15) is 12.8 Å². The van der Waals surface area contributed by atoms with Crippen molar-refractivity contribution in [3.8, 4) is 0 Å². The molecule has 0 heterocycles. The van der Waals surface area contributed by atoms with Crippen LogP contribution in [0.2, 0.25) is 0 Å². The van der Waals surface area contributed by atoms with Crippen LogP contribution in [0.4, 0.5) is 0 Å². The average molecular weight is 531 g/mol. The summed E-state index contributed by atoms with van der Waals surface area (Å²) in [5.74, 6) is -0.469. The average Bonchev–Trinajstić information content (AvgIpc) is 2.85. The van der Waals surface area contributed by atoms with E-state index >= 15 is 0 Å². The number of hydrazone groups is 2. The third-order valence-electron chi connectivity index (χ3n) is 4.34. The van der Waals surface area contributed by atoms with Crippen molar-refractivity contribution >= 4 is 36.0 Å². The zero-order valence-electron chi connectivity index (χ0n) is 18.6. The molecule has 35 heavy (non-hydrogen) atoms. The van der Waals surface area contributed by atoms with Crippen LogP contribution in [-0.4, -0.2) is 149 Å². The largest absolute Gasteiger partial charge is 0.394 e. The molecule has 0 aromatic heterocycles. The van der Waals surface area contributed by atoms with Crippen LogP contribution in [0, 0.1) is 0 Å². The van der Waals surface area contributed by atoms with E-state index in [1.807, 2.05) is 0 Å². The summed E-state index contributed by atoms with van der Waals surface area (Å²) in [6, 6.07) is 0. The molecule has 204 valence electrons. The van der Waals surface area contributed by atoms with Gasteiger partial charge in [-0.25, -0.2) is 10.9 Å². The van der Waals surface area contributed by atoms with Crippen molar-refractivity contribution in [3.63, 3.8) is 0 Å². The molecule has 0 fully saturated rings. The van der Waals surface area contributed by atoms with Crippen LogP contribution in [0.5, 0.6) is 0 Å². The summed E-state index contributed by atoms with van der Waals surface area (Å²) in [6.07, 6.45) is -12.6. The van der Waals surface area contributed by atoms with Crippen LogP contribution >= 0.6 is 11.8 Å². The molecule has 0 spiro atoms. The summed E-state index contributed by atoms with van der Waals surface area (Å²) in [6.45, 7) is -1.66. The van der Waals surface area contributed by atoms with Crippen molar-refractivity contribution in [2.24, 2.45) is 10.2 Å². The summed E-state index contributed by atoms with van der Waals surface area (Å²) < 4.78 is 0. The second kappa shape index (κ2) is 18.5. The zero-order valence-corrected chi connectivity index (χ0v) is 19.4. The minimum absolute atomic E-state index is 0.00161. The van der Waals surface area contributed by atoms with Gasteiger partial charge >= 0.3 is 0 Å². The highest BCUT2D eigenvalue weighted by Gasteiger charge is 2.30. The molecule has 0 aliphatic rings. The minimum Gasteiger partial charge on any atom is -0.394 e. The molecule has 16 nitrogen and oxygen atoms in total. The van der Waals surface area contributed by atoms with Crippen LogP contribution in [-0.2, 0) is 9.59 Å². The van der Waals surface area contributed by atoms with Gasteiger partial charge in [-0.3, -0.25) is 9.59 Å². The molecule has 8 atom stereocenters. The number of nitrogens with zero attached hydrogens (tertiary/aromatic N) is 2. The molecule has 0 aromatic rings. The number of rotatable bonds is 18. The molecule has 0 bridgehead atoms. The van der Waals surface area contributed by atoms with E-state index in [0.717, 1.165) is 12.4 Å². The first-order valence-corrected chi connectivity index (χ1v) is 11.5. The maximum Gasteiger partial charge on any atom is 0.240 e. The smallest absolute Gasteiger partial charge is 0.240 e. The molecule has 0 saturated carbocycles. The Morgan fingerprint density at radius 1 is 0.657 bits per heavy atom. The van der Waals surface area contributed by atoms with Crippen molar-refractivity contribution in [2.45, 2.75) is 61.7 Å². The molecule has 12 N–H and O–H groups in total. The van der Waals surface area contributed by atoms with Gasteiger partial charge in [-0.15, -0.1) is 0 Å². The number of aliphatic hydroxyl groups excluding tert-OH is 10. The first-order chi connectivity index (χ1) is 16.5. The summed E-state index contributed by atoms with van der Waals surface area (Å²) in [4.78, 5) is 23.3. The van der Waals surface area contributed by atoms with Gasteiger partial charge in [0.25, 0.3) is 0 Å². The van der Waals surface area contributed by atoms with Gasteiger partial charge in [0.2, 0.25) is 11.8 Å². The lowest BCUT2D eigenvalue weighted by Crippen LogP contribution is -2.46. The predicted molar refractivity (Wildman–Crippen MR) is 122 cm³/mol. The molecule has 0 rings (SSSR count). The molecule has 0 aromatic carbocycles. The van der Waals surface area contributed by atoms with E-state index in [4.69, 9.17) is 10.2 Å². The molecular weight excluding hydrogens is 496 g/mol. The van der Waals surface area contributed by atoms with Gasteiger partial charge in [-0.05, 0) is 0 Å². The first-order valence-electron chi connectivity index (χ1n) is 10.3. The highest BCUT2D eigenvalue weighted by atomic mass is 32.2. The quantitative estimate of drug-likeness (QED) is 0.0446. The van der Waals surface area contributed by atoms with E-state index in [1.165, 1.54) is 11.8 Å². The first kappa shape index (κ1) is 33.2.